The highest BCUT2D eigenvalue weighted by Gasteiger charge is 2.51. The molecule has 0 aliphatic carbocycles. The number of benzene rings is 8. The van der Waals surface area contributed by atoms with Crippen molar-refractivity contribution in [1.29, 1.82) is 0 Å². The lowest BCUT2D eigenvalue weighted by Gasteiger charge is -2.30. The number of aryl methyl sites for hydroxylation is 1. The lowest BCUT2D eigenvalue weighted by Crippen LogP contribution is -2.73. The normalized spacial score (nSPS) is 13.1. The van der Waals surface area contributed by atoms with E-state index in [0.717, 1.165) is 39.2 Å². The molecule has 0 atom stereocenters. The van der Waals surface area contributed by atoms with Crippen molar-refractivity contribution in [1.82, 2.24) is 19.1 Å². The fraction of sp³-hybridized carbons (Fsp3) is 0.0189. The molecule has 1 aliphatic heterocycles. The third-order valence-corrected chi connectivity index (χ3v) is 17.1. The van der Waals surface area contributed by atoms with E-state index in [1.807, 2.05) is 0 Å². The first-order valence-electron chi connectivity index (χ1n) is 19.9. The summed E-state index contributed by atoms with van der Waals surface area (Å²) >= 11 is 0. The van der Waals surface area contributed by atoms with Gasteiger partial charge in [-0.15, -0.1) is 0 Å². The van der Waals surface area contributed by atoms with Gasteiger partial charge < -0.3 is 9.13 Å². The molecule has 12 rings (SSSR count). The minimum atomic E-state index is -2.87. The molecule has 4 nitrogen and oxygen atoms in total. The van der Waals surface area contributed by atoms with Crippen LogP contribution in [0, 0.1) is 0 Å². The number of fused-ring (bicyclic) bond motifs is 9. The molecule has 11 aromatic rings. The fourth-order valence-corrected chi connectivity index (χ4v) is 14.9. The molecule has 58 heavy (non-hydrogen) atoms. The van der Waals surface area contributed by atoms with E-state index in [4.69, 9.17) is 9.97 Å². The predicted molar refractivity (Wildman–Crippen MR) is 244 cm³/mol. The third kappa shape index (κ3) is 4.56. The molecule has 0 bridgehead atoms. The number of rotatable bonds is 5. The predicted octanol–water partition coefficient (Wildman–Crippen LogP) is 9.91. The highest BCUT2D eigenvalue weighted by molar-refractivity contribution is 7.21. The molecule has 1 aliphatic rings. The van der Waals surface area contributed by atoms with E-state index in [2.05, 4.69) is 216 Å². The van der Waals surface area contributed by atoms with Crippen molar-refractivity contribution < 1.29 is 0 Å². The first-order chi connectivity index (χ1) is 28.7. The van der Waals surface area contributed by atoms with Gasteiger partial charge in [-0.2, -0.15) is 0 Å². The maximum Gasteiger partial charge on any atom is 0.203 e. The van der Waals surface area contributed by atoms with Crippen LogP contribution in [0.3, 0.4) is 0 Å². The first kappa shape index (κ1) is 32.9. The molecular weight excluding hydrogens is 721 g/mol. The molecule has 272 valence electrons. The molecule has 0 unspecified atom stereocenters. The van der Waals surface area contributed by atoms with Gasteiger partial charge in [0.05, 0.1) is 27.6 Å². The Morgan fingerprint density at radius 3 is 1.71 bits per heavy atom. The topological polar surface area (TPSA) is 35.6 Å². The summed E-state index contributed by atoms with van der Waals surface area (Å²) in [5.74, 6) is 0.747. The molecular formula is C53H36N4Si. The van der Waals surface area contributed by atoms with Crippen LogP contribution in [0.15, 0.2) is 200 Å². The Morgan fingerprint density at radius 2 is 1.00 bits per heavy atom. The minimum Gasteiger partial charge on any atom is -0.344 e. The maximum atomic E-state index is 5.65. The van der Waals surface area contributed by atoms with Gasteiger partial charge in [-0.05, 0) is 57.5 Å². The van der Waals surface area contributed by atoms with Crippen LogP contribution in [-0.2, 0) is 7.05 Å². The van der Waals surface area contributed by atoms with E-state index >= 15 is 0 Å². The SMILES string of the molecule is Cn1c2ccccc2c2cc3c4ccccc4n(-c4ccc(-c5nc(-c6ccccc6)nc6c5-c5ccccc5[Si]6(c5ccccc5)c5ccccc5)cc4)c3cc21. The van der Waals surface area contributed by atoms with Gasteiger partial charge in [0.25, 0.3) is 0 Å². The van der Waals surface area contributed by atoms with E-state index in [0.29, 0.717) is 0 Å². The van der Waals surface area contributed by atoms with Crippen LogP contribution in [0.25, 0.3) is 83.1 Å². The fourth-order valence-electron chi connectivity index (χ4n) is 9.86. The van der Waals surface area contributed by atoms with Crippen LogP contribution in [0.5, 0.6) is 0 Å². The molecule has 0 N–H and O–H groups in total. The van der Waals surface area contributed by atoms with Gasteiger partial charge >= 0.3 is 0 Å². The molecule has 0 spiro atoms. The van der Waals surface area contributed by atoms with Gasteiger partial charge in [-0.3, -0.25) is 0 Å². The number of hydrogen-bond donors (Lipinski definition) is 0. The Hall–Kier alpha value is -7.34. The highest BCUT2D eigenvalue weighted by atomic mass is 28.3. The molecule has 5 heteroatoms. The summed E-state index contributed by atoms with van der Waals surface area (Å²) < 4.78 is 4.74. The van der Waals surface area contributed by atoms with E-state index in [-0.39, 0.29) is 0 Å². The van der Waals surface area contributed by atoms with Crippen molar-refractivity contribution in [3.63, 3.8) is 0 Å². The van der Waals surface area contributed by atoms with Crippen LogP contribution in [-0.4, -0.2) is 27.2 Å². The van der Waals surface area contributed by atoms with Crippen LogP contribution in [0.4, 0.5) is 0 Å². The molecule has 0 saturated carbocycles. The summed E-state index contributed by atoms with van der Waals surface area (Å²) in [5.41, 5.74) is 11.3. The number of hydrogen-bond acceptors (Lipinski definition) is 2. The van der Waals surface area contributed by atoms with Crippen molar-refractivity contribution in [2.45, 2.75) is 0 Å². The zero-order valence-electron chi connectivity index (χ0n) is 31.8. The number of aromatic nitrogens is 4. The van der Waals surface area contributed by atoms with Crippen molar-refractivity contribution in [3.8, 4) is 39.5 Å². The smallest absolute Gasteiger partial charge is 0.203 e. The Balaban J connectivity index is 1.11. The van der Waals surface area contributed by atoms with Crippen molar-refractivity contribution in [3.05, 3.63) is 200 Å². The molecule has 0 fully saturated rings. The molecule has 3 aromatic heterocycles. The zero-order chi connectivity index (χ0) is 38.4. The van der Waals surface area contributed by atoms with Gasteiger partial charge in [0.2, 0.25) is 8.07 Å². The summed E-state index contributed by atoms with van der Waals surface area (Å²) in [4.78, 5) is 11.1. The van der Waals surface area contributed by atoms with Crippen LogP contribution in [0.2, 0.25) is 0 Å². The highest BCUT2D eigenvalue weighted by Crippen LogP contribution is 2.40. The molecule has 0 saturated heterocycles. The second-order valence-corrected chi connectivity index (χ2v) is 19.0. The quantitative estimate of drug-likeness (QED) is 0.164. The average Bonchev–Trinajstić information content (AvgIpc) is 3.89. The lowest BCUT2D eigenvalue weighted by molar-refractivity contribution is 1.01. The Labute approximate surface area is 337 Å². The van der Waals surface area contributed by atoms with Gasteiger partial charge in [0.1, 0.15) is 0 Å². The van der Waals surface area contributed by atoms with Gasteiger partial charge in [-0.25, -0.2) is 9.97 Å². The summed E-state index contributed by atoms with van der Waals surface area (Å²) in [6.45, 7) is 0. The lowest BCUT2D eigenvalue weighted by atomic mass is 10.00. The van der Waals surface area contributed by atoms with Gasteiger partial charge in [-0.1, -0.05) is 164 Å². The van der Waals surface area contributed by atoms with Crippen molar-refractivity contribution >= 4 is 72.6 Å². The Kier molecular flexibility index (Phi) is 7.13. The summed E-state index contributed by atoms with van der Waals surface area (Å²) in [6.07, 6.45) is 0. The number of nitrogens with zero attached hydrogens (tertiary/aromatic N) is 4. The largest absolute Gasteiger partial charge is 0.344 e. The van der Waals surface area contributed by atoms with Crippen LogP contribution >= 0.6 is 0 Å². The van der Waals surface area contributed by atoms with E-state index in [9.17, 15) is 0 Å². The summed E-state index contributed by atoms with van der Waals surface area (Å²) in [6, 6.07) is 72.9. The zero-order valence-corrected chi connectivity index (χ0v) is 32.8. The monoisotopic (exact) mass is 756 g/mol. The van der Waals surface area contributed by atoms with Crippen molar-refractivity contribution in [2.75, 3.05) is 0 Å². The molecule has 8 aromatic carbocycles. The van der Waals surface area contributed by atoms with Crippen molar-refractivity contribution in [2.24, 2.45) is 7.05 Å². The maximum absolute atomic E-state index is 5.65. The minimum absolute atomic E-state index is 0.747. The standard InChI is InChI=1S/C53H36N4Si/c1-56-45-26-14-11-23-40(45)43-33-44-41-24-12-15-27-46(41)57(48(44)34-47(43)56)37-31-29-35(30-32-37)51-50-42-25-13-16-28-49(42)58(38-19-7-3-8-20-38,39-21-9-4-10-22-39)53(50)55-52(54-51)36-17-5-2-6-18-36/h2-34H,1H3. The summed E-state index contributed by atoms with van der Waals surface area (Å²) in [5, 5.41) is 10.2. The Morgan fingerprint density at radius 1 is 0.431 bits per heavy atom. The summed E-state index contributed by atoms with van der Waals surface area (Å²) in [7, 11) is -0.693. The average molecular weight is 757 g/mol. The second-order valence-electron chi connectivity index (χ2n) is 15.4. The third-order valence-electron chi connectivity index (χ3n) is 12.4. The van der Waals surface area contributed by atoms with E-state index < -0.39 is 8.07 Å². The van der Waals surface area contributed by atoms with Crippen LogP contribution < -0.4 is 20.9 Å². The first-order valence-corrected chi connectivity index (χ1v) is 21.9. The molecule has 4 heterocycles. The van der Waals surface area contributed by atoms with Gasteiger partial charge in [0, 0.05) is 56.5 Å². The second kappa shape index (κ2) is 12.6. The number of para-hydroxylation sites is 2. The molecule has 0 radical (unpaired) electrons. The molecule has 0 amide bonds. The van der Waals surface area contributed by atoms with E-state index in [1.54, 1.807) is 0 Å². The van der Waals surface area contributed by atoms with E-state index in [1.165, 1.54) is 64.7 Å². The Bertz CT molecular complexity index is 3350. The van der Waals surface area contributed by atoms with Crippen LogP contribution in [0.1, 0.15) is 0 Å². The van der Waals surface area contributed by atoms with Gasteiger partial charge in [0.15, 0.2) is 5.82 Å².